The number of benzene rings is 2. The summed E-state index contributed by atoms with van der Waals surface area (Å²) in [5.74, 6) is 0.440. The van der Waals surface area contributed by atoms with Crippen LogP contribution < -0.4 is 16.9 Å². The molecule has 176 valence electrons. The van der Waals surface area contributed by atoms with Gasteiger partial charge in [0.25, 0.3) is 0 Å². The number of anilines is 1. The Hall–Kier alpha value is -4.38. The zero-order valence-electron chi connectivity index (χ0n) is 18.7. The molecule has 0 fully saturated rings. The van der Waals surface area contributed by atoms with E-state index < -0.39 is 26.2 Å². The van der Waals surface area contributed by atoms with Crippen molar-refractivity contribution in [2.45, 2.75) is 24.0 Å². The largest absolute Gasteiger partial charge is 0.382 e. The summed E-state index contributed by atoms with van der Waals surface area (Å²) in [6, 6.07) is 14.8. The number of nitrogens with zero attached hydrogens (tertiary/aromatic N) is 4. The second-order valence-electron chi connectivity index (χ2n) is 8.18. The summed E-state index contributed by atoms with van der Waals surface area (Å²) in [5.41, 5.74) is 8.10. The van der Waals surface area contributed by atoms with Crippen molar-refractivity contribution in [3.8, 4) is 39.7 Å². The molecular formula is C24H19N5O5S. The Labute approximate surface area is 199 Å². The molecule has 35 heavy (non-hydrogen) atoms. The molecule has 5 rings (SSSR count). The van der Waals surface area contributed by atoms with Crippen LogP contribution in [0.25, 0.3) is 39.7 Å². The van der Waals surface area contributed by atoms with Crippen molar-refractivity contribution in [2.75, 3.05) is 5.73 Å². The van der Waals surface area contributed by atoms with Crippen LogP contribution in [-0.2, 0) is 9.84 Å². The van der Waals surface area contributed by atoms with E-state index in [-0.39, 0.29) is 16.4 Å². The minimum absolute atomic E-state index is 0.143. The minimum Gasteiger partial charge on any atom is -0.382 e. The van der Waals surface area contributed by atoms with Crippen molar-refractivity contribution in [1.82, 2.24) is 19.7 Å². The van der Waals surface area contributed by atoms with E-state index in [4.69, 9.17) is 10.3 Å². The summed E-state index contributed by atoms with van der Waals surface area (Å²) in [6.45, 7) is 3.27. The zero-order valence-corrected chi connectivity index (χ0v) is 19.5. The van der Waals surface area contributed by atoms with Gasteiger partial charge in [-0.05, 0) is 38.1 Å². The monoisotopic (exact) mass is 489 g/mol. The van der Waals surface area contributed by atoms with Crippen molar-refractivity contribution < 1.29 is 12.9 Å². The lowest BCUT2D eigenvalue weighted by atomic mass is 10.1. The summed E-state index contributed by atoms with van der Waals surface area (Å²) >= 11 is 0. The van der Waals surface area contributed by atoms with Gasteiger partial charge in [-0.25, -0.2) is 23.0 Å². The van der Waals surface area contributed by atoms with Crippen molar-refractivity contribution in [2.24, 2.45) is 0 Å². The standard InChI is InChI=1S/C24H19N5O5S/c1-13(2)35(32,33)17-9-5-15(6-10-17)19-12-26-22(25)21(27-19)20-11-18(28-34-20)14-3-7-16(8-4-14)29-23(30)24(29)31/h3-13H,1-2H3,(H2,25,26). The second kappa shape index (κ2) is 8.13. The molecule has 5 aromatic rings. The highest BCUT2D eigenvalue weighted by atomic mass is 32.2. The summed E-state index contributed by atoms with van der Waals surface area (Å²) in [5, 5.41) is 3.55. The molecule has 0 aliphatic heterocycles. The highest BCUT2D eigenvalue weighted by Crippen LogP contribution is 2.30. The third-order valence-corrected chi connectivity index (χ3v) is 7.77. The summed E-state index contributed by atoms with van der Waals surface area (Å²) in [7, 11) is -3.38. The first-order valence-electron chi connectivity index (χ1n) is 10.6. The predicted octanol–water partition coefficient (Wildman–Crippen LogP) is 2.62. The fourth-order valence-electron chi connectivity index (χ4n) is 3.48. The fraction of sp³-hybridized carbons (Fsp3) is 0.125. The molecule has 0 unspecified atom stereocenters. The molecule has 3 heterocycles. The highest BCUT2D eigenvalue weighted by molar-refractivity contribution is 7.92. The maximum absolute atomic E-state index is 12.4. The normalized spacial score (nSPS) is 12.0. The first-order valence-corrected chi connectivity index (χ1v) is 12.1. The Morgan fingerprint density at radius 1 is 0.914 bits per heavy atom. The number of nitrogen functional groups attached to an aromatic ring is 1. The van der Waals surface area contributed by atoms with Crippen LogP contribution in [-0.4, -0.2) is 33.4 Å². The summed E-state index contributed by atoms with van der Waals surface area (Å²) in [6.07, 6.45) is 1.50. The Morgan fingerprint density at radius 2 is 1.51 bits per heavy atom. The minimum atomic E-state index is -3.38. The molecule has 0 bridgehead atoms. The molecule has 3 aromatic heterocycles. The molecule has 0 amide bonds. The van der Waals surface area contributed by atoms with E-state index in [0.29, 0.717) is 34.0 Å². The van der Waals surface area contributed by atoms with Crippen molar-refractivity contribution in [3.63, 3.8) is 0 Å². The van der Waals surface area contributed by atoms with Crippen LogP contribution in [0.4, 0.5) is 5.82 Å². The maximum Gasteiger partial charge on any atom is 0.324 e. The molecule has 0 spiro atoms. The predicted molar refractivity (Wildman–Crippen MR) is 129 cm³/mol. The molecule has 10 nitrogen and oxygen atoms in total. The van der Waals surface area contributed by atoms with Gasteiger partial charge in [-0.2, -0.15) is 0 Å². The Balaban J connectivity index is 1.43. The van der Waals surface area contributed by atoms with E-state index in [9.17, 15) is 18.0 Å². The Morgan fingerprint density at radius 3 is 2.11 bits per heavy atom. The van der Waals surface area contributed by atoms with Gasteiger partial charge in [0.15, 0.2) is 27.1 Å². The van der Waals surface area contributed by atoms with Gasteiger partial charge < -0.3 is 10.3 Å². The average molecular weight is 490 g/mol. The Bertz CT molecular complexity index is 1700. The quantitative estimate of drug-likeness (QED) is 0.355. The van der Waals surface area contributed by atoms with Gasteiger partial charge in [0.05, 0.1) is 27.7 Å². The van der Waals surface area contributed by atoms with E-state index >= 15 is 0 Å². The van der Waals surface area contributed by atoms with E-state index in [2.05, 4.69) is 15.1 Å². The molecule has 2 aromatic carbocycles. The van der Waals surface area contributed by atoms with E-state index in [0.717, 1.165) is 4.57 Å². The van der Waals surface area contributed by atoms with Crippen LogP contribution in [0.5, 0.6) is 0 Å². The first-order chi connectivity index (χ1) is 16.7. The van der Waals surface area contributed by atoms with Crippen molar-refractivity contribution >= 4 is 15.7 Å². The number of aromatic nitrogens is 4. The smallest absolute Gasteiger partial charge is 0.324 e. The van der Waals surface area contributed by atoms with Crippen LogP contribution in [0.2, 0.25) is 0 Å². The molecule has 0 aliphatic rings. The lowest BCUT2D eigenvalue weighted by Crippen LogP contribution is -2.13. The van der Waals surface area contributed by atoms with Gasteiger partial charge in [0.2, 0.25) is 0 Å². The van der Waals surface area contributed by atoms with E-state index in [1.807, 2.05) is 0 Å². The van der Waals surface area contributed by atoms with Crippen LogP contribution in [0, 0.1) is 0 Å². The molecule has 0 saturated carbocycles. The molecule has 0 radical (unpaired) electrons. The van der Waals surface area contributed by atoms with Gasteiger partial charge in [-0.1, -0.05) is 29.4 Å². The van der Waals surface area contributed by atoms with Crippen LogP contribution in [0.1, 0.15) is 13.8 Å². The van der Waals surface area contributed by atoms with Gasteiger partial charge >= 0.3 is 11.1 Å². The third kappa shape index (κ3) is 3.95. The van der Waals surface area contributed by atoms with E-state index in [1.54, 1.807) is 56.3 Å². The first kappa shape index (κ1) is 22.4. The maximum atomic E-state index is 12.4. The lowest BCUT2D eigenvalue weighted by Gasteiger charge is -2.09. The number of hydrogen-bond acceptors (Lipinski definition) is 9. The van der Waals surface area contributed by atoms with Crippen molar-refractivity contribution in [3.05, 3.63) is 81.5 Å². The Kier molecular flexibility index (Phi) is 5.21. The summed E-state index contributed by atoms with van der Waals surface area (Å²) < 4.78 is 31.3. The van der Waals surface area contributed by atoms with Gasteiger partial charge in [-0.3, -0.25) is 9.59 Å². The number of hydrogen-bond donors (Lipinski definition) is 1. The molecule has 0 atom stereocenters. The van der Waals surface area contributed by atoms with Gasteiger partial charge in [0, 0.05) is 17.2 Å². The SMILES string of the molecule is CC(C)S(=O)(=O)c1ccc(-c2cnc(N)c(-c3cc(-c4ccc(-n5c(=O)c5=O)cc4)no3)n2)cc1. The molecule has 11 heteroatoms. The fourth-order valence-corrected chi connectivity index (χ4v) is 4.54. The van der Waals surface area contributed by atoms with Gasteiger partial charge in [0.1, 0.15) is 5.69 Å². The van der Waals surface area contributed by atoms with Crippen LogP contribution in [0.3, 0.4) is 0 Å². The second-order valence-corrected chi connectivity index (χ2v) is 10.7. The van der Waals surface area contributed by atoms with Crippen LogP contribution >= 0.6 is 0 Å². The van der Waals surface area contributed by atoms with Crippen LogP contribution in [0.15, 0.2) is 79.8 Å². The molecule has 0 aliphatic carbocycles. The molecular weight excluding hydrogens is 470 g/mol. The zero-order chi connectivity index (χ0) is 24.9. The average Bonchev–Trinajstić information content (AvgIpc) is 3.22. The number of rotatable bonds is 6. The number of sulfone groups is 1. The molecule has 0 saturated heterocycles. The third-order valence-electron chi connectivity index (χ3n) is 5.60. The number of nitrogens with two attached hydrogens (primary N) is 1. The topological polar surface area (TPSA) is 151 Å². The highest BCUT2D eigenvalue weighted by Gasteiger charge is 2.20. The summed E-state index contributed by atoms with van der Waals surface area (Å²) in [4.78, 5) is 31.6. The van der Waals surface area contributed by atoms with Gasteiger partial charge in [-0.15, -0.1) is 0 Å². The lowest BCUT2D eigenvalue weighted by molar-refractivity contribution is 0.434. The van der Waals surface area contributed by atoms with Crippen molar-refractivity contribution in [1.29, 1.82) is 0 Å². The van der Waals surface area contributed by atoms with E-state index in [1.165, 1.54) is 18.3 Å². The molecule has 2 N–H and O–H groups in total.